The van der Waals surface area contributed by atoms with Crippen LogP contribution in [0.1, 0.15) is 57.4 Å². The summed E-state index contributed by atoms with van der Waals surface area (Å²) in [6.07, 6.45) is 10.3. The molecule has 1 aromatic rings. The molecule has 22 heavy (non-hydrogen) atoms. The third-order valence-corrected chi connectivity index (χ3v) is 4.60. The highest BCUT2D eigenvalue weighted by molar-refractivity contribution is 5.17. The molecule has 0 aliphatic heterocycles. The second-order valence-electron chi connectivity index (χ2n) is 6.66. The molecule has 1 fully saturated rings. The van der Waals surface area contributed by atoms with E-state index in [0.717, 1.165) is 25.1 Å². The van der Waals surface area contributed by atoms with Gasteiger partial charge in [0.15, 0.2) is 0 Å². The Bertz CT molecular complexity index is 414. The van der Waals surface area contributed by atoms with Crippen molar-refractivity contribution in [2.24, 2.45) is 0 Å². The van der Waals surface area contributed by atoms with Gasteiger partial charge in [-0.25, -0.2) is 4.39 Å². The van der Waals surface area contributed by atoms with Gasteiger partial charge >= 0.3 is 0 Å². The van der Waals surface area contributed by atoms with Gasteiger partial charge in [-0.2, -0.15) is 0 Å². The van der Waals surface area contributed by atoms with Gasteiger partial charge in [-0.15, -0.1) is 0 Å². The zero-order chi connectivity index (χ0) is 15.6. The van der Waals surface area contributed by atoms with E-state index in [1.54, 1.807) is 6.07 Å². The summed E-state index contributed by atoms with van der Waals surface area (Å²) >= 11 is 0. The molecule has 1 aliphatic carbocycles. The molecular formula is C19H31FN2. The molecule has 0 saturated heterocycles. The number of rotatable bonds is 7. The van der Waals surface area contributed by atoms with Gasteiger partial charge in [-0.05, 0) is 44.4 Å². The molecule has 0 radical (unpaired) electrons. The first kappa shape index (κ1) is 17.4. The zero-order valence-electron chi connectivity index (χ0n) is 13.9. The van der Waals surface area contributed by atoms with Crippen molar-refractivity contribution < 1.29 is 4.39 Å². The Labute approximate surface area is 134 Å². The highest BCUT2D eigenvalue weighted by Gasteiger charge is 2.13. The van der Waals surface area contributed by atoms with Gasteiger partial charge in [0.05, 0.1) is 0 Å². The van der Waals surface area contributed by atoms with Gasteiger partial charge < -0.3 is 10.6 Å². The van der Waals surface area contributed by atoms with Crippen LogP contribution in [0.2, 0.25) is 0 Å². The van der Waals surface area contributed by atoms with Crippen molar-refractivity contribution in [1.29, 1.82) is 0 Å². The molecule has 0 aromatic heterocycles. The monoisotopic (exact) mass is 306 g/mol. The quantitative estimate of drug-likeness (QED) is 0.743. The van der Waals surface area contributed by atoms with Crippen LogP contribution >= 0.6 is 0 Å². The third kappa shape index (κ3) is 6.45. The summed E-state index contributed by atoms with van der Waals surface area (Å²) in [5.41, 5.74) is 0.802. The van der Waals surface area contributed by atoms with Crippen molar-refractivity contribution in [1.82, 2.24) is 10.6 Å². The summed E-state index contributed by atoms with van der Waals surface area (Å²) < 4.78 is 13.5. The van der Waals surface area contributed by atoms with Gasteiger partial charge in [0.2, 0.25) is 0 Å². The smallest absolute Gasteiger partial charge is 0.126 e. The zero-order valence-corrected chi connectivity index (χ0v) is 13.9. The van der Waals surface area contributed by atoms with E-state index >= 15 is 0 Å². The maximum atomic E-state index is 13.5. The fraction of sp³-hybridized carbons (Fsp3) is 0.684. The van der Waals surface area contributed by atoms with Crippen molar-refractivity contribution in [3.63, 3.8) is 0 Å². The van der Waals surface area contributed by atoms with Crippen LogP contribution in [0.5, 0.6) is 0 Å². The normalized spacial score (nSPS) is 18.6. The SMILES string of the molecule is CC(CNCCc1ccccc1F)NC1CCCCCCC1. The van der Waals surface area contributed by atoms with Crippen LogP contribution in [-0.2, 0) is 6.42 Å². The van der Waals surface area contributed by atoms with E-state index in [0.29, 0.717) is 12.1 Å². The van der Waals surface area contributed by atoms with Crippen molar-refractivity contribution >= 4 is 0 Å². The molecule has 124 valence electrons. The number of halogens is 1. The minimum absolute atomic E-state index is 0.0926. The van der Waals surface area contributed by atoms with Crippen LogP contribution < -0.4 is 10.6 Å². The lowest BCUT2D eigenvalue weighted by Crippen LogP contribution is -2.43. The minimum Gasteiger partial charge on any atom is -0.315 e. The van der Waals surface area contributed by atoms with Crippen LogP contribution in [-0.4, -0.2) is 25.2 Å². The number of hydrogen-bond acceptors (Lipinski definition) is 2. The first-order chi connectivity index (χ1) is 10.8. The average molecular weight is 306 g/mol. The largest absolute Gasteiger partial charge is 0.315 e. The summed E-state index contributed by atoms with van der Waals surface area (Å²) in [6, 6.07) is 8.21. The first-order valence-corrected chi connectivity index (χ1v) is 8.96. The second kappa shape index (κ2) is 9.96. The molecule has 0 bridgehead atoms. The van der Waals surface area contributed by atoms with E-state index < -0.39 is 0 Å². The van der Waals surface area contributed by atoms with Gasteiger partial charge in [0.25, 0.3) is 0 Å². The van der Waals surface area contributed by atoms with E-state index in [2.05, 4.69) is 17.6 Å². The Balaban J connectivity index is 1.60. The molecule has 1 saturated carbocycles. The van der Waals surface area contributed by atoms with Crippen LogP contribution in [0, 0.1) is 5.82 Å². The molecule has 0 heterocycles. The number of nitrogens with one attached hydrogen (secondary N) is 2. The summed E-state index contributed by atoms with van der Waals surface area (Å²) in [6.45, 7) is 4.03. The Morgan fingerprint density at radius 2 is 1.77 bits per heavy atom. The van der Waals surface area contributed by atoms with Crippen LogP contribution in [0.25, 0.3) is 0 Å². The second-order valence-corrected chi connectivity index (χ2v) is 6.66. The van der Waals surface area contributed by atoms with E-state index in [1.807, 2.05) is 12.1 Å². The summed E-state index contributed by atoms with van der Waals surface area (Å²) in [5, 5.41) is 7.21. The fourth-order valence-electron chi connectivity index (χ4n) is 3.33. The lowest BCUT2D eigenvalue weighted by Gasteiger charge is -2.25. The molecule has 1 atom stereocenters. The van der Waals surface area contributed by atoms with Gasteiger partial charge in [0, 0.05) is 18.6 Å². The van der Waals surface area contributed by atoms with Gasteiger partial charge in [0.1, 0.15) is 5.82 Å². The Hall–Kier alpha value is -0.930. The van der Waals surface area contributed by atoms with Crippen LogP contribution in [0.4, 0.5) is 4.39 Å². The number of hydrogen-bond donors (Lipinski definition) is 2. The Kier molecular flexibility index (Phi) is 7.89. The van der Waals surface area contributed by atoms with Crippen LogP contribution in [0.3, 0.4) is 0 Å². The van der Waals surface area contributed by atoms with Crippen molar-refractivity contribution in [3.05, 3.63) is 35.6 Å². The third-order valence-electron chi connectivity index (χ3n) is 4.60. The topological polar surface area (TPSA) is 24.1 Å². The van der Waals surface area contributed by atoms with Crippen LogP contribution in [0.15, 0.2) is 24.3 Å². The molecule has 2 N–H and O–H groups in total. The molecule has 3 heteroatoms. The van der Waals surface area contributed by atoms with Gasteiger partial charge in [-0.1, -0.05) is 50.3 Å². The fourth-order valence-corrected chi connectivity index (χ4v) is 3.33. The van der Waals surface area contributed by atoms with E-state index in [4.69, 9.17) is 0 Å². The average Bonchev–Trinajstić information content (AvgIpc) is 2.48. The number of benzene rings is 1. The predicted molar refractivity (Wildman–Crippen MR) is 91.7 cm³/mol. The maximum absolute atomic E-state index is 13.5. The van der Waals surface area contributed by atoms with E-state index in [1.165, 1.54) is 51.0 Å². The molecule has 0 spiro atoms. The molecule has 2 rings (SSSR count). The Morgan fingerprint density at radius 1 is 1.09 bits per heavy atom. The molecule has 1 aromatic carbocycles. The summed E-state index contributed by atoms with van der Waals surface area (Å²) in [4.78, 5) is 0. The minimum atomic E-state index is -0.0926. The molecular weight excluding hydrogens is 275 g/mol. The first-order valence-electron chi connectivity index (χ1n) is 8.96. The summed E-state index contributed by atoms with van der Waals surface area (Å²) in [5.74, 6) is -0.0926. The van der Waals surface area contributed by atoms with E-state index in [-0.39, 0.29) is 5.82 Å². The van der Waals surface area contributed by atoms with Gasteiger partial charge in [-0.3, -0.25) is 0 Å². The maximum Gasteiger partial charge on any atom is 0.126 e. The lowest BCUT2D eigenvalue weighted by atomic mass is 9.96. The predicted octanol–water partition coefficient (Wildman–Crippen LogP) is 4.05. The lowest BCUT2D eigenvalue weighted by molar-refractivity contribution is 0.353. The molecule has 1 aliphatic rings. The highest BCUT2D eigenvalue weighted by Crippen LogP contribution is 2.17. The van der Waals surface area contributed by atoms with Crippen molar-refractivity contribution in [3.8, 4) is 0 Å². The van der Waals surface area contributed by atoms with E-state index in [9.17, 15) is 4.39 Å². The Morgan fingerprint density at radius 3 is 2.50 bits per heavy atom. The van der Waals surface area contributed by atoms with Crippen molar-refractivity contribution in [2.75, 3.05) is 13.1 Å². The molecule has 0 amide bonds. The van der Waals surface area contributed by atoms with Crippen molar-refractivity contribution in [2.45, 2.75) is 70.4 Å². The highest BCUT2D eigenvalue weighted by atomic mass is 19.1. The standard InChI is InChI=1S/C19H31FN2/c1-16(22-18-10-5-3-2-4-6-11-18)15-21-14-13-17-9-7-8-12-19(17)20/h7-9,12,16,18,21-22H,2-6,10-11,13-15H2,1H3. The molecule has 1 unspecified atom stereocenters. The summed E-state index contributed by atoms with van der Waals surface area (Å²) in [7, 11) is 0. The molecule has 2 nitrogen and oxygen atoms in total.